The van der Waals surface area contributed by atoms with Crippen molar-refractivity contribution in [2.75, 3.05) is 0 Å². The van der Waals surface area contributed by atoms with Gasteiger partial charge in [-0.25, -0.2) is 0 Å². The smallest absolute Gasteiger partial charge is 0.500 e. The molecule has 1 aliphatic rings. The quantitative estimate of drug-likeness (QED) is 0.797. The Morgan fingerprint density at radius 2 is 2.11 bits per heavy atom. The van der Waals surface area contributed by atoms with Crippen molar-refractivity contribution in [2.24, 2.45) is 0 Å². The van der Waals surface area contributed by atoms with Crippen LogP contribution in [0.1, 0.15) is 11.3 Å². The van der Waals surface area contributed by atoms with Gasteiger partial charge >= 0.3 is 8.80 Å². The van der Waals surface area contributed by atoms with Crippen LogP contribution in [0.2, 0.25) is 6.55 Å². The van der Waals surface area contributed by atoms with Crippen LogP contribution in [0.15, 0.2) is 47.1 Å². The molecule has 5 heteroatoms. The zero-order valence-electron chi connectivity index (χ0n) is 10.1. The van der Waals surface area contributed by atoms with Gasteiger partial charge in [-0.3, -0.25) is 0 Å². The average Bonchev–Trinajstić information content (AvgIpc) is 2.90. The SMILES string of the molecule is C[Si]1(OCc2ccco2)OCc2ccccc2O1. The second-order valence-corrected chi connectivity index (χ2v) is 6.74. The van der Waals surface area contributed by atoms with Gasteiger partial charge in [-0.05, 0) is 18.2 Å². The van der Waals surface area contributed by atoms with E-state index in [9.17, 15) is 0 Å². The predicted molar refractivity (Wildman–Crippen MR) is 67.0 cm³/mol. The van der Waals surface area contributed by atoms with E-state index < -0.39 is 8.80 Å². The summed E-state index contributed by atoms with van der Waals surface area (Å²) in [5.74, 6) is 1.63. The highest BCUT2D eigenvalue weighted by Gasteiger charge is 2.41. The van der Waals surface area contributed by atoms with E-state index in [-0.39, 0.29) is 0 Å². The van der Waals surface area contributed by atoms with E-state index in [4.69, 9.17) is 17.7 Å². The zero-order valence-corrected chi connectivity index (χ0v) is 11.1. The molecule has 0 radical (unpaired) electrons. The molecule has 94 valence electrons. The van der Waals surface area contributed by atoms with Crippen molar-refractivity contribution in [3.05, 3.63) is 54.0 Å². The van der Waals surface area contributed by atoms with Gasteiger partial charge in [-0.2, -0.15) is 0 Å². The lowest BCUT2D eigenvalue weighted by Gasteiger charge is -2.31. The molecule has 1 aliphatic heterocycles. The third-order valence-electron chi connectivity index (χ3n) is 2.81. The number of hydrogen-bond acceptors (Lipinski definition) is 4. The van der Waals surface area contributed by atoms with Crippen LogP contribution in [0, 0.1) is 0 Å². The lowest BCUT2D eigenvalue weighted by Crippen LogP contribution is -2.47. The van der Waals surface area contributed by atoms with Gasteiger partial charge in [-0.15, -0.1) is 0 Å². The van der Waals surface area contributed by atoms with E-state index in [0.717, 1.165) is 17.1 Å². The van der Waals surface area contributed by atoms with Crippen molar-refractivity contribution in [1.29, 1.82) is 0 Å². The Hall–Kier alpha value is -1.56. The van der Waals surface area contributed by atoms with Gasteiger partial charge in [-0.1, -0.05) is 18.2 Å². The Morgan fingerprint density at radius 3 is 2.94 bits per heavy atom. The standard InChI is InChI=1S/C13H14O4Si/c1-18(16-10-12-6-4-8-14-12)15-9-11-5-2-3-7-13(11)17-18/h2-8H,9-10H2,1H3. The maximum absolute atomic E-state index is 5.87. The van der Waals surface area contributed by atoms with E-state index in [1.807, 2.05) is 42.9 Å². The molecule has 0 saturated carbocycles. The fourth-order valence-corrected chi connectivity index (χ4v) is 3.45. The monoisotopic (exact) mass is 262 g/mol. The van der Waals surface area contributed by atoms with E-state index in [2.05, 4.69) is 0 Å². The summed E-state index contributed by atoms with van der Waals surface area (Å²) in [6.45, 7) is 2.81. The molecule has 0 N–H and O–H groups in total. The number of benzene rings is 1. The van der Waals surface area contributed by atoms with Crippen LogP contribution in [0.4, 0.5) is 0 Å². The Bertz CT molecular complexity index is 526. The van der Waals surface area contributed by atoms with Crippen molar-refractivity contribution < 1.29 is 17.7 Å². The van der Waals surface area contributed by atoms with Crippen LogP contribution in [0.25, 0.3) is 0 Å². The average molecular weight is 262 g/mol. The number of rotatable bonds is 3. The highest BCUT2D eigenvalue weighted by atomic mass is 28.4. The maximum atomic E-state index is 5.87. The van der Waals surface area contributed by atoms with Crippen LogP contribution < -0.4 is 4.43 Å². The lowest BCUT2D eigenvalue weighted by molar-refractivity contribution is 0.0779. The molecule has 1 atom stereocenters. The molecule has 1 unspecified atom stereocenters. The molecule has 0 amide bonds. The van der Waals surface area contributed by atoms with E-state index in [1.165, 1.54) is 0 Å². The summed E-state index contributed by atoms with van der Waals surface area (Å²) in [5, 5.41) is 0. The van der Waals surface area contributed by atoms with Crippen LogP contribution in [-0.4, -0.2) is 8.80 Å². The van der Waals surface area contributed by atoms with Crippen molar-refractivity contribution >= 4 is 8.80 Å². The van der Waals surface area contributed by atoms with E-state index in [0.29, 0.717) is 13.2 Å². The van der Waals surface area contributed by atoms with Gasteiger partial charge in [0.15, 0.2) is 0 Å². The highest BCUT2D eigenvalue weighted by Crippen LogP contribution is 2.29. The topological polar surface area (TPSA) is 40.8 Å². The van der Waals surface area contributed by atoms with Crippen LogP contribution >= 0.6 is 0 Å². The van der Waals surface area contributed by atoms with Gasteiger partial charge < -0.3 is 17.7 Å². The molecule has 3 rings (SSSR count). The van der Waals surface area contributed by atoms with Gasteiger partial charge in [0.05, 0.1) is 19.5 Å². The highest BCUT2D eigenvalue weighted by molar-refractivity contribution is 6.60. The molecule has 4 nitrogen and oxygen atoms in total. The Balaban J connectivity index is 1.69. The number of furan rings is 1. The predicted octanol–water partition coefficient (Wildman–Crippen LogP) is 2.97. The largest absolute Gasteiger partial charge is 0.563 e. The molecule has 1 aromatic heterocycles. The Labute approximate surface area is 106 Å². The van der Waals surface area contributed by atoms with Gasteiger partial charge in [0, 0.05) is 12.1 Å². The van der Waals surface area contributed by atoms with Crippen molar-refractivity contribution in [1.82, 2.24) is 0 Å². The third-order valence-corrected chi connectivity index (χ3v) is 4.74. The van der Waals surface area contributed by atoms with E-state index in [1.54, 1.807) is 6.26 Å². The molecular weight excluding hydrogens is 248 g/mol. The number of para-hydroxylation sites is 1. The zero-order chi connectivity index (χ0) is 12.4. The first-order valence-electron chi connectivity index (χ1n) is 5.82. The molecule has 0 saturated heterocycles. The summed E-state index contributed by atoms with van der Waals surface area (Å²) in [5.41, 5.74) is 1.06. The Kier molecular flexibility index (Phi) is 2.95. The molecular formula is C13H14O4Si. The molecule has 0 spiro atoms. The minimum Gasteiger partial charge on any atom is -0.500 e. The summed E-state index contributed by atoms with van der Waals surface area (Å²) in [6.07, 6.45) is 1.63. The Morgan fingerprint density at radius 1 is 1.22 bits per heavy atom. The first-order chi connectivity index (χ1) is 8.75. The number of hydrogen-bond donors (Lipinski definition) is 0. The first-order valence-corrected chi connectivity index (χ1v) is 8.05. The second-order valence-electron chi connectivity index (χ2n) is 4.23. The molecule has 2 heterocycles. The van der Waals surface area contributed by atoms with Crippen LogP contribution in [0.5, 0.6) is 5.75 Å². The molecule has 18 heavy (non-hydrogen) atoms. The second kappa shape index (κ2) is 4.60. The summed E-state index contributed by atoms with van der Waals surface area (Å²) in [7, 11) is -2.60. The maximum Gasteiger partial charge on any atom is 0.563 e. The van der Waals surface area contributed by atoms with Crippen molar-refractivity contribution in [2.45, 2.75) is 19.8 Å². The molecule has 0 bridgehead atoms. The third kappa shape index (κ3) is 2.33. The molecule has 2 aromatic rings. The number of fused-ring (bicyclic) bond motifs is 1. The molecule has 0 fully saturated rings. The summed E-state index contributed by atoms with van der Waals surface area (Å²) in [6, 6.07) is 11.6. The summed E-state index contributed by atoms with van der Waals surface area (Å²) in [4.78, 5) is 0. The van der Waals surface area contributed by atoms with Crippen LogP contribution in [0.3, 0.4) is 0 Å². The molecule has 0 aliphatic carbocycles. The van der Waals surface area contributed by atoms with Gasteiger partial charge in [0.1, 0.15) is 11.5 Å². The minimum atomic E-state index is -2.60. The van der Waals surface area contributed by atoms with Crippen LogP contribution in [-0.2, 0) is 22.1 Å². The van der Waals surface area contributed by atoms with Crippen molar-refractivity contribution in [3.63, 3.8) is 0 Å². The van der Waals surface area contributed by atoms with Gasteiger partial charge in [0.25, 0.3) is 0 Å². The van der Waals surface area contributed by atoms with Gasteiger partial charge in [0.2, 0.25) is 0 Å². The minimum absolute atomic E-state index is 0.373. The van der Waals surface area contributed by atoms with Crippen molar-refractivity contribution in [3.8, 4) is 5.75 Å². The molecule has 1 aromatic carbocycles. The fraction of sp³-hybridized carbons (Fsp3) is 0.231. The lowest BCUT2D eigenvalue weighted by atomic mass is 10.2. The summed E-state index contributed by atoms with van der Waals surface area (Å²) >= 11 is 0. The fourth-order valence-electron chi connectivity index (χ4n) is 1.83. The van der Waals surface area contributed by atoms with E-state index >= 15 is 0 Å². The summed E-state index contributed by atoms with van der Waals surface area (Å²) < 4.78 is 22.6. The normalized spacial score (nSPS) is 22.3. The first kappa shape index (κ1) is 11.5.